The lowest BCUT2D eigenvalue weighted by atomic mass is 10.0. The Bertz CT molecular complexity index is 609. The number of nitrogens with one attached hydrogen (secondary N) is 1. The molecule has 0 bridgehead atoms. The molecule has 0 aliphatic heterocycles. The van der Waals surface area contributed by atoms with Crippen LogP contribution in [0.5, 0.6) is 0 Å². The van der Waals surface area contributed by atoms with Gasteiger partial charge in [-0.2, -0.15) is 5.10 Å². The Morgan fingerprint density at radius 2 is 2.19 bits per heavy atom. The zero-order valence-corrected chi connectivity index (χ0v) is 12.4. The Hall–Kier alpha value is -2.21. The summed E-state index contributed by atoms with van der Waals surface area (Å²) in [5.41, 5.74) is 1.24. The zero-order chi connectivity index (χ0) is 15.4. The molecular weight excluding hydrogens is 268 g/mol. The summed E-state index contributed by atoms with van der Waals surface area (Å²) in [7, 11) is 0. The van der Waals surface area contributed by atoms with Crippen molar-refractivity contribution in [3.63, 3.8) is 0 Å². The van der Waals surface area contributed by atoms with E-state index in [4.69, 9.17) is 5.11 Å². The van der Waals surface area contributed by atoms with Crippen LogP contribution in [0.4, 0.5) is 0 Å². The number of carbonyl (C=O) groups excluding carboxylic acids is 1. The van der Waals surface area contributed by atoms with Crippen LogP contribution in [0.1, 0.15) is 29.9 Å². The van der Waals surface area contributed by atoms with Crippen molar-refractivity contribution in [3.05, 3.63) is 41.9 Å². The maximum atomic E-state index is 12.3. The van der Waals surface area contributed by atoms with Gasteiger partial charge in [0.1, 0.15) is 0 Å². The average molecular weight is 288 g/mol. The molecule has 21 heavy (non-hydrogen) atoms. The molecule has 0 aromatic carbocycles. The maximum Gasteiger partial charge on any atom is 0.254 e. The summed E-state index contributed by atoms with van der Waals surface area (Å²) < 4.78 is 1.63. The molecular formula is C15H20N4O2. The highest BCUT2D eigenvalue weighted by Crippen LogP contribution is 2.13. The highest BCUT2D eigenvalue weighted by atomic mass is 16.3. The predicted molar refractivity (Wildman–Crippen MR) is 79.3 cm³/mol. The molecule has 0 aliphatic carbocycles. The number of carbonyl (C=O) groups is 1. The minimum absolute atomic E-state index is 0.0000843. The van der Waals surface area contributed by atoms with E-state index in [1.165, 1.54) is 6.20 Å². The molecule has 1 amide bonds. The first-order valence-corrected chi connectivity index (χ1v) is 6.92. The van der Waals surface area contributed by atoms with E-state index in [2.05, 4.69) is 15.4 Å². The molecule has 0 radical (unpaired) electrons. The van der Waals surface area contributed by atoms with Gasteiger partial charge in [-0.25, -0.2) is 9.67 Å². The van der Waals surface area contributed by atoms with Crippen LogP contribution < -0.4 is 5.32 Å². The molecule has 0 spiro atoms. The van der Waals surface area contributed by atoms with E-state index in [0.717, 1.165) is 5.69 Å². The van der Waals surface area contributed by atoms with Gasteiger partial charge in [0.05, 0.1) is 17.5 Å². The summed E-state index contributed by atoms with van der Waals surface area (Å²) in [6.45, 7) is 5.62. The Morgan fingerprint density at radius 1 is 1.43 bits per heavy atom. The molecule has 0 saturated carbocycles. The van der Waals surface area contributed by atoms with E-state index in [-0.39, 0.29) is 24.5 Å². The quantitative estimate of drug-likeness (QED) is 0.869. The lowest BCUT2D eigenvalue weighted by molar-refractivity contribution is 0.0915. The number of aliphatic hydroxyl groups excluding tert-OH is 1. The van der Waals surface area contributed by atoms with Crippen LogP contribution in [0.15, 0.2) is 30.6 Å². The molecule has 2 aromatic heterocycles. The Kier molecular flexibility index (Phi) is 4.70. The summed E-state index contributed by atoms with van der Waals surface area (Å²) in [5, 5.41) is 16.2. The summed E-state index contributed by atoms with van der Waals surface area (Å²) in [6, 6.07) is 5.42. The molecule has 2 N–H and O–H groups in total. The monoisotopic (exact) mass is 288 g/mol. The van der Waals surface area contributed by atoms with Crippen molar-refractivity contribution >= 4 is 5.91 Å². The Morgan fingerprint density at radius 3 is 2.81 bits per heavy atom. The second-order valence-corrected chi connectivity index (χ2v) is 5.17. The number of amides is 1. The van der Waals surface area contributed by atoms with Crippen molar-refractivity contribution in [1.29, 1.82) is 0 Å². The second kappa shape index (κ2) is 6.49. The van der Waals surface area contributed by atoms with Gasteiger partial charge in [-0.1, -0.05) is 13.0 Å². The van der Waals surface area contributed by atoms with Gasteiger partial charge in [0.2, 0.25) is 0 Å². The van der Waals surface area contributed by atoms with Crippen molar-refractivity contribution in [2.75, 3.05) is 6.61 Å². The van der Waals surface area contributed by atoms with Gasteiger partial charge >= 0.3 is 0 Å². The number of nitrogens with zero attached hydrogens (tertiary/aromatic N) is 3. The Labute approximate surface area is 123 Å². The molecule has 2 atom stereocenters. The normalized spacial score (nSPS) is 13.7. The number of hydrogen-bond acceptors (Lipinski definition) is 4. The number of aromatic nitrogens is 3. The first-order chi connectivity index (χ1) is 10.0. The standard InChI is InChI=1S/C15H20N4O2/c1-10(9-20)11(2)18-15(21)13-8-17-19(12(13)3)14-6-4-5-7-16-14/h4-8,10-11,20H,9H2,1-3H3,(H,18,21). The van der Waals surface area contributed by atoms with E-state index in [1.807, 2.05) is 39.0 Å². The van der Waals surface area contributed by atoms with Gasteiger partial charge in [0.25, 0.3) is 5.91 Å². The SMILES string of the molecule is Cc1c(C(=O)NC(C)C(C)CO)cnn1-c1ccccn1. The second-order valence-electron chi connectivity index (χ2n) is 5.17. The molecule has 2 unspecified atom stereocenters. The van der Waals surface area contributed by atoms with Crippen LogP contribution in [0.2, 0.25) is 0 Å². The fourth-order valence-electron chi connectivity index (χ4n) is 1.93. The van der Waals surface area contributed by atoms with E-state index >= 15 is 0 Å². The molecule has 2 rings (SSSR count). The highest BCUT2D eigenvalue weighted by molar-refractivity contribution is 5.95. The van der Waals surface area contributed by atoms with Crippen LogP contribution in [0, 0.1) is 12.8 Å². The minimum atomic E-state index is -0.192. The molecule has 2 heterocycles. The van der Waals surface area contributed by atoms with E-state index in [9.17, 15) is 4.79 Å². The molecule has 2 aromatic rings. The summed E-state index contributed by atoms with van der Waals surface area (Å²) in [6.07, 6.45) is 3.22. The van der Waals surface area contributed by atoms with E-state index in [1.54, 1.807) is 10.9 Å². The lowest BCUT2D eigenvalue weighted by Gasteiger charge is -2.19. The molecule has 6 nitrogen and oxygen atoms in total. The number of hydrogen-bond donors (Lipinski definition) is 2. The third kappa shape index (κ3) is 3.28. The van der Waals surface area contributed by atoms with Crippen molar-refractivity contribution in [3.8, 4) is 5.82 Å². The summed E-state index contributed by atoms with van der Waals surface area (Å²) in [4.78, 5) is 16.5. The number of rotatable bonds is 5. The highest BCUT2D eigenvalue weighted by Gasteiger charge is 2.19. The molecule has 112 valence electrons. The van der Waals surface area contributed by atoms with Crippen LogP contribution in [-0.4, -0.2) is 38.4 Å². The van der Waals surface area contributed by atoms with Gasteiger partial charge in [-0.05, 0) is 31.9 Å². The minimum Gasteiger partial charge on any atom is -0.396 e. The van der Waals surface area contributed by atoms with Crippen LogP contribution >= 0.6 is 0 Å². The smallest absolute Gasteiger partial charge is 0.254 e. The number of aliphatic hydroxyl groups is 1. The predicted octanol–water partition coefficient (Wildman–Crippen LogP) is 1.32. The number of pyridine rings is 1. The first kappa shape index (κ1) is 15.2. The summed E-state index contributed by atoms with van der Waals surface area (Å²) in [5.74, 6) is 0.480. The average Bonchev–Trinajstić information content (AvgIpc) is 2.88. The molecule has 6 heteroatoms. The fraction of sp³-hybridized carbons (Fsp3) is 0.400. The van der Waals surface area contributed by atoms with Crippen LogP contribution in [0.25, 0.3) is 5.82 Å². The van der Waals surface area contributed by atoms with Gasteiger partial charge in [0.15, 0.2) is 5.82 Å². The zero-order valence-electron chi connectivity index (χ0n) is 12.4. The van der Waals surface area contributed by atoms with Crippen LogP contribution in [-0.2, 0) is 0 Å². The topological polar surface area (TPSA) is 80.0 Å². The fourth-order valence-corrected chi connectivity index (χ4v) is 1.93. The maximum absolute atomic E-state index is 12.3. The van der Waals surface area contributed by atoms with Gasteiger partial charge < -0.3 is 10.4 Å². The first-order valence-electron chi connectivity index (χ1n) is 6.92. The van der Waals surface area contributed by atoms with Crippen molar-refractivity contribution in [2.45, 2.75) is 26.8 Å². The molecule has 0 aliphatic rings. The van der Waals surface area contributed by atoms with Crippen LogP contribution in [0.3, 0.4) is 0 Å². The van der Waals surface area contributed by atoms with Crippen molar-refractivity contribution < 1.29 is 9.90 Å². The largest absolute Gasteiger partial charge is 0.396 e. The third-order valence-electron chi connectivity index (χ3n) is 3.62. The van der Waals surface area contributed by atoms with E-state index in [0.29, 0.717) is 11.4 Å². The van der Waals surface area contributed by atoms with Gasteiger partial charge in [-0.15, -0.1) is 0 Å². The Balaban J connectivity index is 2.19. The van der Waals surface area contributed by atoms with Crippen molar-refractivity contribution in [1.82, 2.24) is 20.1 Å². The van der Waals surface area contributed by atoms with Gasteiger partial charge in [-0.3, -0.25) is 4.79 Å². The third-order valence-corrected chi connectivity index (χ3v) is 3.62. The van der Waals surface area contributed by atoms with Crippen molar-refractivity contribution in [2.24, 2.45) is 5.92 Å². The van der Waals surface area contributed by atoms with E-state index < -0.39 is 0 Å². The summed E-state index contributed by atoms with van der Waals surface area (Å²) >= 11 is 0. The molecule has 0 saturated heterocycles. The van der Waals surface area contributed by atoms with Gasteiger partial charge in [0, 0.05) is 18.8 Å². The molecule has 0 fully saturated rings. The lowest BCUT2D eigenvalue weighted by Crippen LogP contribution is -2.38.